The van der Waals surface area contributed by atoms with E-state index in [0.29, 0.717) is 0 Å². The molecule has 0 amide bonds. The van der Waals surface area contributed by atoms with Crippen molar-refractivity contribution in [2.24, 2.45) is 0 Å². The van der Waals surface area contributed by atoms with Crippen LogP contribution in [0, 0.1) is 6.92 Å². The molecule has 7 aromatic carbocycles. The van der Waals surface area contributed by atoms with Gasteiger partial charge in [0, 0.05) is 38.6 Å². The van der Waals surface area contributed by atoms with E-state index in [2.05, 4.69) is 183 Å². The highest BCUT2D eigenvalue weighted by Crippen LogP contribution is 2.54. The second-order valence-corrected chi connectivity index (χ2v) is 14.5. The molecule has 1 aliphatic rings. The van der Waals surface area contributed by atoms with Gasteiger partial charge in [0.05, 0.1) is 16.7 Å². The van der Waals surface area contributed by atoms with Crippen LogP contribution in [0.25, 0.3) is 49.4 Å². The number of anilines is 3. The van der Waals surface area contributed by atoms with E-state index in [1.54, 1.807) is 0 Å². The molecule has 9 rings (SSSR count). The summed E-state index contributed by atoms with van der Waals surface area (Å²) in [5.74, 6) is 0. The van der Waals surface area contributed by atoms with Crippen molar-refractivity contribution in [3.63, 3.8) is 0 Å². The zero-order valence-corrected chi connectivity index (χ0v) is 29.4. The molecule has 1 heterocycles. The Hall–Kier alpha value is -5.60. The molecule has 0 bridgehead atoms. The summed E-state index contributed by atoms with van der Waals surface area (Å²) in [5.41, 5.74) is 15.1. The van der Waals surface area contributed by atoms with Crippen molar-refractivity contribution in [1.29, 1.82) is 0 Å². The Kier molecular flexibility index (Phi) is 7.17. The van der Waals surface area contributed by atoms with Crippen molar-refractivity contribution >= 4 is 49.6 Å². The number of hydrogen-bond donors (Lipinski definition) is 0. The lowest BCUT2D eigenvalue weighted by atomic mass is 9.81. The van der Waals surface area contributed by atoms with E-state index in [0.717, 1.165) is 6.42 Å². The summed E-state index contributed by atoms with van der Waals surface area (Å²) in [7, 11) is 0. The topological polar surface area (TPSA) is 8.17 Å². The van der Waals surface area contributed by atoms with Crippen LogP contribution in [-0.2, 0) is 11.8 Å². The van der Waals surface area contributed by atoms with E-state index >= 15 is 0 Å². The number of fused-ring (bicyclic) bond motifs is 8. The van der Waals surface area contributed by atoms with Gasteiger partial charge in [0.2, 0.25) is 0 Å². The SMILES string of the molecule is CCCCc1ccc(N(c2ccc(C)cc2)c2ccc3c(c2)C(C)(C)c2cc(-n4c5ccccc5c5ccccc54)c4ccccc4c2-3)cc1. The van der Waals surface area contributed by atoms with Crippen LogP contribution in [0.15, 0.2) is 146 Å². The molecule has 50 heavy (non-hydrogen) atoms. The molecule has 2 heteroatoms. The maximum Gasteiger partial charge on any atom is 0.0544 e. The van der Waals surface area contributed by atoms with Crippen LogP contribution >= 0.6 is 0 Å². The number of para-hydroxylation sites is 2. The minimum absolute atomic E-state index is 0.207. The van der Waals surface area contributed by atoms with E-state index in [9.17, 15) is 0 Å². The molecule has 0 radical (unpaired) electrons. The van der Waals surface area contributed by atoms with Crippen LogP contribution in [-0.4, -0.2) is 4.57 Å². The predicted octanol–water partition coefficient (Wildman–Crippen LogP) is 13.4. The van der Waals surface area contributed by atoms with Gasteiger partial charge in [0.25, 0.3) is 0 Å². The Bertz CT molecular complexity index is 2500. The number of aromatic nitrogens is 1. The molecule has 0 N–H and O–H groups in total. The number of unbranched alkanes of at least 4 members (excludes halogenated alkanes) is 1. The van der Waals surface area contributed by atoms with E-state index in [4.69, 9.17) is 0 Å². The Morgan fingerprint density at radius 1 is 0.560 bits per heavy atom. The van der Waals surface area contributed by atoms with Gasteiger partial charge in [-0.15, -0.1) is 0 Å². The normalized spacial score (nSPS) is 13.2. The van der Waals surface area contributed by atoms with Gasteiger partial charge in [-0.05, 0) is 108 Å². The number of hydrogen-bond acceptors (Lipinski definition) is 1. The average molecular weight is 647 g/mol. The van der Waals surface area contributed by atoms with Crippen LogP contribution in [0.2, 0.25) is 0 Å². The molecule has 1 aliphatic carbocycles. The van der Waals surface area contributed by atoms with Crippen LogP contribution < -0.4 is 4.90 Å². The largest absolute Gasteiger partial charge is 0.310 e. The number of rotatable bonds is 7. The number of nitrogens with zero attached hydrogens (tertiary/aromatic N) is 2. The third kappa shape index (κ3) is 4.70. The van der Waals surface area contributed by atoms with Gasteiger partial charge in [0.1, 0.15) is 0 Å². The van der Waals surface area contributed by atoms with E-state index < -0.39 is 0 Å². The molecule has 0 saturated heterocycles. The van der Waals surface area contributed by atoms with Gasteiger partial charge < -0.3 is 9.47 Å². The van der Waals surface area contributed by atoms with E-state index in [1.165, 1.54) is 102 Å². The lowest BCUT2D eigenvalue weighted by Crippen LogP contribution is -2.17. The molecule has 244 valence electrons. The summed E-state index contributed by atoms with van der Waals surface area (Å²) in [4.78, 5) is 2.42. The third-order valence-electron chi connectivity index (χ3n) is 11.0. The van der Waals surface area contributed by atoms with Gasteiger partial charge in [-0.1, -0.05) is 124 Å². The molecule has 1 aromatic heterocycles. The fourth-order valence-corrected chi connectivity index (χ4v) is 8.39. The second kappa shape index (κ2) is 11.8. The molecular formula is C48H42N2. The number of benzene rings is 7. The molecule has 8 aromatic rings. The summed E-state index contributed by atoms with van der Waals surface area (Å²) in [5, 5.41) is 5.15. The first-order chi connectivity index (χ1) is 24.4. The predicted molar refractivity (Wildman–Crippen MR) is 214 cm³/mol. The smallest absolute Gasteiger partial charge is 0.0544 e. The molecule has 0 fully saturated rings. The van der Waals surface area contributed by atoms with Gasteiger partial charge in [0.15, 0.2) is 0 Å². The number of aryl methyl sites for hydroxylation is 2. The van der Waals surface area contributed by atoms with Crippen molar-refractivity contribution in [3.05, 3.63) is 168 Å². The van der Waals surface area contributed by atoms with Crippen LogP contribution in [0.4, 0.5) is 17.1 Å². The first kappa shape index (κ1) is 30.5. The van der Waals surface area contributed by atoms with Crippen molar-refractivity contribution < 1.29 is 0 Å². The van der Waals surface area contributed by atoms with Gasteiger partial charge in [-0.25, -0.2) is 0 Å². The summed E-state index contributed by atoms with van der Waals surface area (Å²) >= 11 is 0. The third-order valence-corrected chi connectivity index (χ3v) is 11.0. The molecule has 2 nitrogen and oxygen atoms in total. The van der Waals surface area contributed by atoms with Gasteiger partial charge >= 0.3 is 0 Å². The summed E-state index contributed by atoms with van der Waals surface area (Å²) < 4.78 is 2.49. The second-order valence-electron chi connectivity index (χ2n) is 14.5. The van der Waals surface area contributed by atoms with Crippen LogP contribution in [0.1, 0.15) is 55.9 Å². The molecule has 0 unspecified atom stereocenters. The zero-order chi connectivity index (χ0) is 34.0. The molecular weight excluding hydrogens is 605 g/mol. The maximum absolute atomic E-state index is 2.49. The fourth-order valence-electron chi connectivity index (χ4n) is 8.39. The molecule has 0 saturated carbocycles. The molecule has 0 spiro atoms. The standard InChI is InChI=1S/C48H42N2/c1-5-6-13-33-22-26-35(27-23-33)49(34-24-20-32(2)21-25-34)36-28-29-41-42(30-36)48(3,4)43-31-46(39-16-7-8-17-40(39)47(41)43)50-44-18-11-9-14-37(44)38-15-10-12-19-45(38)50/h7-12,14-31H,5-6,13H2,1-4H3. The first-order valence-electron chi connectivity index (χ1n) is 18.1. The van der Waals surface area contributed by atoms with Crippen LogP contribution in [0.5, 0.6) is 0 Å². The highest BCUT2D eigenvalue weighted by Gasteiger charge is 2.38. The highest BCUT2D eigenvalue weighted by atomic mass is 15.1. The maximum atomic E-state index is 2.49. The summed E-state index contributed by atoms with van der Waals surface area (Å²) in [6.45, 7) is 9.23. The van der Waals surface area contributed by atoms with Crippen molar-refractivity contribution in [2.75, 3.05) is 4.90 Å². The summed E-state index contributed by atoms with van der Waals surface area (Å²) in [6.07, 6.45) is 3.55. The lowest BCUT2D eigenvalue weighted by molar-refractivity contribution is 0.660. The molecule has 0 aliphatic heterocycles. The minimum Gasteiger partial charge on any atom is -0.310 e. The zero-order valence-electron chi connectivity index (χ0n) is 29.4. The van der Waals surface area contributed by atoms with E-state index in [1.807, 2.05) is 0 Å². The Morgan fingerprint density at radius 2 is 1.12 bits per heavy atom. The summed E-state index contributed by atoms with van der Waals surface area (Å²) in [6, 6.07) is 54.4. The van der Waals surface area contributed by atoms with Crippen molar-refractivity contribution in [2.45, 2.75) is 52.4 Å². The van der Waals surface area contributed by atoms with Crippen molar-refractivity contribution in [3.8, 4) is 16.8 Å². The van der Waals surface area contributed by atoms with E-state index in [-0.39, 0.29) is 5.41 Å². The molecule has 0 atom stereocenters. The first-order valence-corrected chi connectivity index (χ1v) is 18.1. The Balaban J connectivity index is 1.24. The average Bonchev–Trinajstić information content (AvgIpc) is 3.60. The van der Waals surface area contributed by atoms with Gasteiger partial charge in [-0.2, -0.15) is 0 Å². The van der Waals surface area contributed by atoms with Gasteiger partial charge in [-0.3, -0.25) is 0 Å². The lowest BCUT2D eigenvalue weighted by Gasteiger charge is -2.28. The Labute approximate surface area is 295 Å². The minimum atomic E-state index is -0.207. The quantitative estimate of drug-likeness (QED) is 0.167. The highest BCUT2D eigenvalue weighted by molar-refractivity contribution is 6.12. The monoisotopic (exact) mass is 646 g/mol. The Morgan fingerprint density at radius 3 is 1.76 bits per heavy atom. The van der Waals surface area contributed by atoms with Crippen molar-refractivity contribution in [1.82, 2.24) is 4.57 Å². The van der Waals surface area contributed by atoms with Crippen LogP contribution in [0.3, 0.4) is 0 Å². The fraction of sp³-hybridized carbons (Fsp3) is 0.167.